The Bertz CT molecular complexity index is 690. The van der Waals surface area contributed by atoms with E-state index in [9.17, 15) is 0 Å². The fourth-order valence-electron chi connectivity index (χ4n) is 2.84. The van der Waals surface area contributed by atoms with Crippen molar-refractivity contribution in [1.29, 1.82) is 0 Å². The number of nitrogens with zero attached hydrogens (tertiary/aromatic N) is 2. The Morgan fingerprint density at radius 1 is 0.909 bits per heavy atom. The number of para-hydroxylation sites is 1. The summed E-state index contributed by atoms with van der Waals surface area (Å²) < 4.78 is 4.78. The van der Waals surface area contributed by atoms with Crippen molar-refractivity contribution in [3.05, 3.63) is 66.9 Å². The van der Waals surface area contributed by atoms with Crippen molar-refractivity contribution in [1.82, 2.24) is 4.57 Å². The zero-order valence-corrected chi connectivity index (χ0v) is 14.6. The van der Waals surface area contributed by atoms with Gasteiger partial charge in [0.05, 0.1) is 6.54 Å². The largest absolute Gasteiger partial charge is 1.00 e. The molecule has 3 aromatic rings. The van der Waals surface area contributed by atoms with E-state index in [4.69, 9.17) is 0 Å². The van der Waals surface area contributed by atoms with E-state index >= 15 is 0 Å². The molecule has 1 aliphatic rings. The Morgan fingerprint density at radius 2 is 1.59 bits per heavy atom. The number of halogens is 1. The molecule has 0 bridgehead atoms. The van der Waals surface area contributed by atoms with Gasteiger partial charge < -0.3 is 17.0 Å². The van der Waals surface area contributed by atoms with Gasteiger partial charge in [-0.25, -0.2) is 4.57 Å². The fraction of sp³-hybridized carbons (Fsp3) is 0.167. The molecule has 0 atom stereocenters. The summed E-state index contributed by atoms with van der Waals surface area (Å²) in [6.45, 7) is 1.10. The molecule has 2 aromatic carbocycles. The molecule has 22 heavy (non-hydrogen) atoms. The van der Waals surface area contributed by atoms with Crippen LogP contribution in [0.25, 0.3) is 16.9 Å². The van der Waals surface area contributed by atoms with Crippen molar-refractivity contribution in [3.8, 4) is 16.9 Å². The predicted molar refractivity (Wildman–Crippen MR) is 86.7 cm³/mol. The first kappa shape index (κ1) is 15.4. The summed E-state index contributed by atoms with van der Waals surface area (Å²) >= 11 is 1.95. The average molecular weight is 373 g/mol. The highest BCUT2D eigenvalue weighted by atomic mass is 79.9. The Hall–Kier alpha value is -1.52. The topological polar surface area (TPSA) is 8.81 Å². The molecule has 0 saturated carbocycles. The number of thioether (sulfide) groups is 1. The van der Waals surface area contributed by atoms with Crippen LogP contribution in [0.3, 0.4) is 0 Å². The van der Waals surface area contributed by atoms with Gasteiger partial charge in [0.2, 0.25) is 0 Å². The molecular formula is C18H17BrN2S. The number of rotatable bonds is 2. The molecule has 1 aliphatic heterocycles. The summed E-state index contributed by atoms with van der Waals surface area (Å²) in [6.07, 6.45) is 3.51. The maximum absolute atomic E-state index is 2.45. The van der Waals surface area contributed by atoms with Gasteiger partial charge in [-0.1, -0.05) is 48.5 Å². The summed E-state index contributed by atoms with van der Waals surface area (Å²) in [7, 11) is 0. The minimum absolute atomic E-state index is 0. The molecule has 112 valence electrons. The van der Waals surface area contributed by atoms with Crippen LogP contribution in [0.5, 0.6) is 0 Å². The number of imidazole rings is 1. The van der Waals surface area contributed by atoms with Crippen LogP contribution in [-0.2, 0) is 6.54 Å². The molecule has 4 rings (SSSR count). The quantitative estimate of drug-likeness (QED) is 0.608. The second-order valence-electron chi connectivity index (χ2n) is 5.22. The van der Waals surface area contributed by atoms with Gasteiger partial charge in [-0.2, -0.15) is 4.57 Å². The Kier molecular flexibility index (Phi) is 4.69. The maximum atomic E-state index is 2.45. The third-order valence-corrected chi connectivity index (χ3v) is 5.01. The smallest absolute Gasteiger partial charge is 0.323 e. The van der Waals surface area contributed by atoms with E-state index in [-0.39, 0.29) is 17.0 Å². The highest BCUT2D eigenvalue weighted by molar-refractivity contribution is 7.99. The monoisotopic (exact) mass is 372 g/mol. The summed E-state index contributed by atoms with van der Waals surface area (Å²) in [5.74, 6) is 1.20. The van der Waals surface area contributed by atoms with Crippen molar-refractivity contribution >= 4 is 11.8 Å². The first-order valence-electron chi connectivity index (χ1n) is 7.32. The Labute approximate surface area is 145 Å². The number of aromatic nitrogens is 2. The number of benzene rings is 2. The van der Waals surface area contributed by atoms with E-state index < -0.39 is 0 Å². The molecule has 0 N–H and O–H groups in total. The van der Waals surface area contributed by atoms with Crippen LogP contribution >= 0.6 is 11.8 Å². The number of hydrogen-bond donors (Lipinski definition) is 0. The van der Waals surface area contributed by atoms with Crippen LogP contribution in [-0.4, -0.2) is 10.3 Å². The van der Waals surface area contributed by atoms with Crippen molar-refractivity contribution in [2.24, 2.45) is 0 Å². The van der Waals surface area contributed by atoms with E-state index in [1.807, 2.05) is 11.8 Å². The van der Waals surface area contributed by atoms with E-state index in [0.717, 1.165) is 6.54 Å². The number of fused-ring (bicyclic) bond motifs is 1. The lowest BCUT2D eigenvalue weighted by Gasteiger charge is -2.10. The lowest BCUT2D eigenvalue weighted by molar-refractivity contribution is -0.724. The van der Waals surface area contributed by atoms with Gasteiger partial charge in [-0.15, -0.1) is 0 Å². The summed E-state index contributed by atoms with van der Waals surface area (Å²) in [5, 5.41) is 1.34. The predicted octanol–water partition coefficient (Wildman–Crippen LogP) is 0.932. The molecule has 0 amide bonds. The zero-order chi connectivity index (χ0) is 14.1. The molecule has 0 unspecified atom stereocenters. The second-order valence-corrected chi connectivity index (χ2v) is 6.28. The molecule has 0 fully saturated rings. The first-order valence-corrected chi connectivity index (χ1v) is 8.31. The first-order chi connectivity index (χ1) is 10.4. The van der Waals surface area contributed by atoms with Gasteiger partial charge in [0.15, 0.2) is 5.69 Å². The highest BCUT2D eigenvalue weighted by Gasteiger charge is 2.28. The van der Waals surface area contributed by atoms with Gasteiger partial charge >= 0.3 is 5.16 Å². The minimum atomic E-state index is 0. The third-order valence-electron chi connectivity index (χ3n) is 3.84. The molecule has 2 nitrogen and oxygen atoms in total. The van der Waals surface area contributed by atoms with Crippen LogP contribution < -0.4 is 21.5 Å². The molecular weight excluding hydrogens is 356 g/mol. The van der Waals surface area contributed by atoms with Crippen molar-refractivity contribution in [3.63, 3.8) is 0 Å². The molecule has 4 heteroatoms. The Morgan fingerprint density at radius 3 is 2.32 bits per heavy atom. The number of hydrogen-bond acceptors (Lipinski definition) is 1. The van der Waals surface area contributed by atoms with Crippen molar-refractivity contribution < 1.29 is 21.5 Å². The van der Waals surface area contributed by atoms with Gasteiger partial charge in [0.25, 0.3) is 0 Å². The zero-order valence-electron chi connectivity index (χ0n) is 12.2. The van der Waals surface area contributed by atoms with Gasteiger partial charge in [-0.05, 0) is 30.3 Å². The summed E-state index contributed by atoms with van der Waals surface area (Å²) in [5.41, 5.74) is 3.83. The molecule has 2 heterocycles. The molecule has 0 spiro atoms. The van der Waals surface area contributed by atoms with Gasteiger partial charge in [-0.3, -0.25) is 0 Å². The fourth-order valence-corrected chi connectivity index (χ4v) is 3.94. The molecule has 0 aliphatic carbocycles. The van der Waals surface area contributed by atoms with Crippen LogP contribution in [0.2, 0.25) is 0 Å². The molecule has 0 saturated heterocycles. The van der Waals surface area contributed by atoms with Gasteiger partial charge in [0, 0.05) is 11.3 Å². The summed E-state index contributed by atoms with van der Waals surface area (Å²) in [4.78, 5) is 0. The van der Waals surface area contributed by atoms with Crippen LogP contribution in [0.4, 0.5) is 0 Å². The Balaban J connectivity index is 0.00000144. The SMILES string of the molecule is [Br-].c1ccc(-c2cn(-c3ccccc3)c3[n+]2CCCS3)cc1. The van der Waals surface area contributed by atoms with Crippen LogP contribution in [0.1, 0.15) is 6.42 Å². The summed E-state index contributed by atoms with van der Waals surface area (Å²) in [6, 6.07) is 21.3. The van der Waals surface area contributed by atoms with Crippen LogP contribution in [0, 0.1) is 0 Å². The van der Waals surface area contributed by atoms with E-state index in [1.54, 1.807) is 0 Å². The molecule has 1 aromatic heterocycles. The van der Waals surface area contributed by atoms with Crippen LogP contribution in [0.15, 0.2) is 72.0 Å². The van der Waals surface area contributed by atoms with E-state index in [0.29, 0.717) is 0 Å². The average Bonchev–Trinajstić information content (AvgIpc) is 2.96. The van der Waals surface area contributed by atoms with Crippen molar-refractivity contribution in [2.75, 3.05) is 5.75 Å². The van der Waals surface area contributed by atoms with Crippen molar-refractivity contribution in [2.45, 2.75) is 18.1 Å². The normalized spacial score (nSPS) is 13.3. The minimum Gasteiger partial charge on any atom is -1.00 e. The lowest BCUT2D eigenvalue weighted by Crippen LogP contribution is -3.00. The maximum Gasteiger partial charge on any atom is 0.323 e. The van der Waals surface area contributed by atoms with E-state index in [2.05, 4.69) is 76.0 Å². The lowest BCUT2D eigenvalue weighted by atomic mass is 10.1. The highest BCUT2D eigenvalue weighted by Crippen LogP contribution is 2.28. The second kappa shape index (κ2) is 6.71. The van der Waals surface area contributed by atoms with Gasteiger partial charge in [0.1, 0.15) is 11.9 Å². The third kappa shape index (κ3) is 2.73. The molecule has 0 radical (unpaired) electrons. The van der Waals surface area contributed by atoms with E-state index in [1.165, 1.54) is 34.3 Å². The standard InChI is InChI=1S/C18H17N2S.BrH/c1-3-8-15(9-4-1)17-14-20(16-10-5-2-6-11-16)18-19(17)12-7-13-21-18;/h1-6,8-11,14H,7,12-13H2;1H/q+1;/p-1.